The highest BCUT2D eigenvalue weighted by molar-refractivity contribution is 6.38. The van der Waals surface area contributed by atoms with Gasteiger partial charge in [-0.15, -0.1) is 0 Å². The van der Waals surface area contributed by atoms with Gasteiger partial charge in [-0.1, -0.05) is 26.5 Å². The van der Waals surface area contributed by atoms with Crippen molar-refractivity contribution in [3.63, 3.8) is 0 Å². The summed E-state index contributed by atoms with van der Waals surface area (Å²) in [4.78, 5) is 58.5. The lowest BCUT2D eigenvalue weighted by atomic mass is 9.81. The van der Waals surface area contributed by atoms with E-state index in [9.17, 15) is 19.5 Å². The van der Waals surface area contributed by atoms with Gasteiger partial charge in [0.1, 0.15) is 5.57 Å². The second-order valence-corrected chi connectivity index (χ2v) is 12.3. The summed E-state index contributed by atoms with van der Waals surface area (Å²) in [6.45, 7) is 13.8. The minimum atomic E-state index is -0.753. The molecule has 0 aliphatic carbocycles. The Morgan fingerprint density at radius 2 is 1.58 bits per heavy atom. The van der Waals surface area contributed by atoms with Gasteiger partial charge in [-0.2, -0.15) is 0 Å². The summed E-state index contributed by atoms with van der Waals surface area (Å²) in [5.74, 6) is -2.73. The number of hydrogen-bond acceptors (Lipinski definition) is 10. The molecule has 0 fully saturated rings. The Morgan fingerprint density at radius 1 is 0.920 bits per heavy atom. The molecule has 5 rings (SSSR count). The third-order valence-electron chi connectivity index (χ3n) is 9.73. The van der Waals surface area contributed by atoms with Crippen molar-refractivity contribution in [2.45, 2.75) is 53.9 Å². The maximum atomic E-state index is 13.9. The molecule has 5 heterocycles. The van der Waals surface area contributed by atoms with E-state index >= 15 is 0 Å². The lowest BCUT2D eigenvalue weighted by molar-refractivity contribution is -0.141. The number of nitrogens with one attached hydrogen (secondary N) is 1. The van der Waals surface area contributed by atoms with E-state index in [1.54, 1.807) is 19.1 Å². The maximum Gasteiger partial charge on any atom is 0.341 e. The summed E-state index contributed by atoms with van der Waals surface area (Å²) in [5.41, 5.74) is 9.31. The Balaban J connectivity index is 1.97. The molecule has 2 atom stereocenters. The fourth-order valence-corrected chi connectivity index (χ4v) is 7.03. The normalized spacial score (nSPS) is 21.0. The highest BCUT2D eigenvalue weighted by atomic mass is 16.5. The fourth-order valence-electron chi connectivity index (χ4n) is 7.03. The van der Waals surface area contributed by atoms with Crippen LogP contribution in [0.4, 0.5) is 0 Å². The molecule has 1 aromatic rings. The van der Waals surface area contributed by atoms with E-state index in [1.165, 1.54) is 27.4 Å². The number of aliphatic imine (C=N–C) groups is 3. The first-order chi connectivity index (χ1) is 23.9. The Bertz CT molecular complexity index is 2020. The Labute approximate surface area is 291 Å². The van der Waals surface area contributed by atoms with E-state index in [2.05, 4.69) is 18.5 Å². The molecule has 11 heteroatoms. The third-order valence-corrected chi connectivity index (χ3v) is 9.73. The molecule has 50 heavy (non-hydrogen) atoms. The summed E-state index contributed by atoms with van der Waals surface area (Å²) in [6, 6.07) is 0. The number of fused-ring (bicyclic) bond motifs is 5. The quantitative estimate of drug-likeness (QED) is 0.179. The Morgan fingerprint density at radius 3 is 2.20 bits per heavy atom. The summed E-state index contributed by atoms with van der Waals surface area (Å²) in [6.07, 6.45) is 10.8. The molecule has 0 radical (unpaired) electrons. The number of hydrogen-bond donors (Lipinski definition) is 2. The summed E-state index contributed by atoms with van der Waals surface area (Å²) in [5, 5.41) is 9.77. The number of H-pyrrole nitrogens is 1. The van der Waals surface area contributed by atoms with E-state index in [0.29, 0.717) is 46.1 Å². The van der Waals surface area contributed by atoms with E-state index in [1.807, 2.05) is 32.9 Å². The molecule has 0 saturated carbocycles. The number of allylic oxidation sites excluding steroid dienone is 7. The number of aromatic amines is 1. The van der Waals surface area contributed by atoms with Crippen LogP contribution in [0, 0.1) is 18.8 Å². The summed E-state index contributed by atoms with van der Waals surface area (Å²) >= 11 is 0. The van der Waals surface area contributed by atoms with E-state index in [0.717, 1.165) is 39.9 Å². The monoisotopic (exact) mass is 678 g/mol. The van der Waals surface area contributed by atoms with Crippen molar-refractivity contribution < 1.29 is 33.7 Å². The van der Waals surface area contributed by atoms with Gasteiger partial charge >= 0.3 is 17.9 Å². The number of aliphatic hydroxyl groups excluding tert-OH is 1. The minimum Gasteiger partial charge on any atom is -0.516 e. The van der Waals surface area contributed by atoms with Crippen molar-refractivity contribution in [2.75, 3.05) is 21.3 Å². The zero-order chi connectivity index (χ0) is 36.4. The van der Waals surface area contributed by atoms with Crippen molar-refractivity contribution >= 4 is 47.2 Å². The van der Waals surface area contributed by atoms with Gasteiger partial charge in [0.15, 0.2) is 0 Å². The number of aliphatic hydroxyl groups is 1. The van der Waals surface area contributed by atoms with Crippen molar-refractivity contribution in [2.24, 2.45) is 26.8 Å². The van der Waals surface area contributed by atoms with Crippen LogP contribution in [0.2, 0.25) is 0 Å². The van der Waals surface area contributed by atoms with Crippen LogP contribution in [0.25, 0.3) is 12.2 Å². The van der Waals surface area contributed by atoms with Gasteiger partial charge in [0.05, 0.1) is 67.4 Å². The predicted molar refractivity (Wildman–Crippen MR) is 194 cm³/mol. The Hall–Kier alpha value is -5.58. The number of methoxy groups -OCH3 is 3. The van der Waals surface area contributed by atoms with Gasteiger partial charge in [0, 0.05) is 40.8 Å². The molecule has 11 nitrogen and oxygen atoms in total. The fraction of sp³-hybridized carbons (Fsp3) is 0.333. The first-order valence-corrected chi connectivity index (χ1v) is 16.4. The van der Waals surface area contributed by atoms with Crippen molar-refractivity contribution in [1.29, 1.82) is 0 Å². The van der Waals surface area contributed by atoms with Crippen molar-refractivity contribution in [1.82, 2.24) is 4.98 Å². The maximum absolute atomic E-state index is 13.9. The standard InChI is InChI=1S/C39H42N4O7/c1-10-23-19(3)27-17-30-24(11-2)20(4)34(42-30)26(13-12-16-44)35-21(5)25(14-15-31(45)48-7)36(43-35)33(39(47)50-9)37-32(38(46)49-8)22(6)28(41-37)18-29(23)40-27/h11-13,16-18,21,25,40,44H,2,10,14-15H2,1,3-9H3/b16-12-,26-13+,28-18?,30-17?,36-33?/t21-,25-/m0/s1. The molecule has 8 bridgehead atoms. The average Bonchev–Trinajstić information content (AvgIpc) is 3.80. The van der Waals surface area contributed by atoms with Crippen LogP contribution in [0.5, 0.6) is 0 Å². The zero-order valence-corrected chi connectivity index (χ0v) is 29.7. The molecule has 0 aromatic carbocycles. The lowest BCUT2D eigenvalue weighted by Gasteiger charge is -2.20. The van der Waals surface area contributed by atoms with Gasteiger partial charge in [-0.05, 0) is 80.2 Å². The van der Waals surface area contributed by atoms with E-state index < -0.39 is 23.8 Å². The van der Waals surface area contributed by atoms with Crippen LogP contribution in [-0.4, -0.2) is 66.5 Å². The molecular weight excluding hydrogens is 636 g/mol. The summed E-state index contributed by atoms with van der Waals surface area (Å²) in [7, 11) is 3.84. The first-order valence-electron chi connectivity index (χ1n) is 16.4. The minimum absolute atomic E-state index is 0.0106. The van der Waals surface area contributed by atoms with Crippen LogP contribution in [0.1, 0.15) is 63.1 Å². The number of esters is 3. The van der Waals surface area contributed by atoms with Crippen LogP contribution in [0.15, 0.2) is 96.6 Å². The van der Waals surface area contributed by atoms with Crippen LogP contribution in [-0.2, 0) is 35.0 Å². The smallest absolute Gasteiger partial charge is 0.341 e. The van der Waals surface area contributed by atoms with Crippen molar-refractivity contribution in [3.05, 3.63) is 104 Å². The second kappa shape index (κ2) is 14.5. The van der Waals surface area contributed by atoms with E-state index in [-0.39, 0.29) is 35.6 Å². The second-order valence-electron chi connectivity index (χ2n) is 12.3. The predicted octanol–water partition coefficient (Wildman–Crippen LogP) is 6.57. The van der Waals surface area contributed by atoms with Crippen LogP contribution < -0.4 is 0 Å². The molecule has 0 saturated heterocycles. The van der Waals surface area contributed by atoms with E-state index in [4.69, 9.17) is 29.2 Å². The van der Waals surface area contributed by atoms with Gasteiger partial charge in [-0.25, -0.2) is 19.6 Å². The molecule has 4 aliphatic heterocycles. The van der Waals surface area contributed by atoms with Gasteiger partial charge in [0.2, 0.25) is 0 Å². The molecule has 0 unspecified atom stereocenters. The number of carbonyl (C=O) groups is 3. The van der Waals surface area contributed by atoms with Crippen LogP contribution in [0.3, 0.4) is 0 Å². The molecule has 1 aromatic heterocycles. The molecule has 0 spiro atoms. The topological polar surface area (TPSA) is 152 Å². The number of rotatable bonds is 8. The molecule has 2 N–H and O–H groups in total. The molecular formula is C39H42N4O7. The zero-order valence-electron chi connectivity index (χ0n) is 29.7. The summed E-state index contributed by atoms with van der Waals surface area (Å²) < 4.78 is 15.5. The number of aromatic nitrogens is 1. The molecule has 0 amide bonds. The molecule has 4 aliphatic rings. The highest BCUT2D eigenvalue weighted by Crippen LogP contribution is 2.43. The van der Waals surface area contributed by atoms with Gasteiger partial charge in [0.25, 0.3) is 0 Å². The first kappa shape index (κ1) is 35.7. The van der Waals surface area contributed by atoms with Gasteiger partial charge < -0.3 is 24.3 Å². The van der Waals surface area contributed by atoms with Gasteiger partial charge in [-0.3, -0.25) is 9.79 Å². The number of nitrogens with zero attached hydrogens (tertiary/aromatic N) is 3. The number of carbonyl (C=O) groups excluding carboxylic acids is 3. The van der Waals surface area contributed by atoms with Crippen LogP contribution >= 0.6 is 0 Å². The average molecular weight is 679 g/mol. The number of ether oxygens (including phenoxy) is 3. The van der Waals surface area contributed by atoms with Crippen molar-refractivity contribution in [3.8, 4) is 0 Å². The third kappa shape index (κ3) is 6.08. The largest absolute Gasteiger partial charge is 0.516 e. The Kier molecular flexibility index (Phi) is 10.4. The SMILES string of the molecule is C=CC1=C(C)C2=NC1=Cc1[nH]c(c(CC)c1C)C=C1N=C(C(C(=O)OC)=C1C)C(C(=O)OC)=C1N=C(/C2=C/C=C\O)[C@@H](C)[C@@H]1CCC(=O)OC. The highest BCUT2D eigenvalue weighted by Gasteiger charge is 2.43. The molecule has 260 valence electrons. The lowest BCUT2D eigenvalue weighted by Crippen LogP contribution is -2.25.